The Kier molecular flexibility index (Phi) is 6.16. The molecule has 1 N–H and O–H groups in total. The van der Waals surface area contributed by atoms with E-state index < -0.39 is 10.8 Å². The number of nitrogens with one attached hydrogen (secondary N) is 1. The number of nitrogens with zero attached hydrogens (tertiary/aromatic N) is 1. The third kappa shape index (κ3) is 4.45. The first kappa shape index (κ1) is 18.2. The molecule has 9 heteroatoms. The van der Waals surface area contributed by atoms with E-state index in [2.05, 4.69) is 37.2 Å². The first-order valence-electron chi connectivity index (χ1n) is 6.61. The quantitative estimate of drug-likeness (QED) is 0.517. The van der Waals surface area contributed by atoms with Crippen LogP contribution in [0.1, 0.15) is 0 Å². The zero-order valence-corrected chi connectivity index (χ0v) is 15.6. The van der Waals surface area contributed by atoms with E-state index in [-0.39, 0.29) is 18.0 Å². The molecule has 2 aromatic carbocycles. The molecule has 24 heavy (non-hydrogen) atoms. The lowest BCUT2D eigenvalue weighted by molar-refractivity contribution is -0.384. The zero-order valence-electron chi connectivity index (χ0n) is 12.4. The minimum Gasteiger partial charge on any atom is -0.496 e. The van der Waals surface area contributed by atoms with Gasteiger partial charge in [-0.3, -0.25) is 14.9 Å². The van der Waals surface area contributed by atoms with E-state index in [1.165, 1.54) is 25.3 Å². The van der Waals surface area contributed by atoms with Crippen LogP contribution >= 0.6 is 31.9 Å². The number of methoxy groups -OCH3 is 1. The summed E-state index contributed by atoms with van der Waals surface area (Å²) in [4.78, 5) is 22.5. The Hall–Kier alpha value is -2.13. The van der Waals surface area contributed by atoms with Crippen molar-refractivity contribution in [3.63, 3.8) is 0 Å². The van der Waals surface area contributed by atoms with Crippen LogP contribution in [0.2, 0.25) is 0 Å². The van der Waals surface area contributed by atoms with Crippen LogP contribution in [0.25, 0.3) is 0 Å². The molecule has 0 atom stereocenters. The molecule has 1 amide bonds. The van der Waals surface area contributed by atoms with Crippen LogP contribution in [0.15, 0.2) is 45.3 Å². The van der Waals surface area contributed by atoms with Crippen molar-refractivity contribution in [1.82, 2.24) is 0 Å². The van der Waals surface area contributed by atoms with Crippen molar-refractivity contribution in [2.75, 3.05) is 19.0 Å². The van der Waals surface area contributed by atoms with Gasteiger partial charge < -0.3 is 14.8 Å². The fourth-order valence-electron chi connectivity index (χ4n) is 1.84. The van der Waals surface area contributed by atoms with E-state index in [1.807, 2.05) is 6.07 Å². The van der Waals surface area contributed by atoms with Gasteiger partial charge >= 0.3 is 0 Å². The summed E-state index contributed by atoms with van der Waals surface area (Å²) in [6.45, 7) is -0.301. The van der Waals surface area contributed by atoms with Crippen LogP contribution in [0, 0.1) is 10.1 Å². The summed E-state index contributed by atoms with van der Waals surface area (Å²) < 4.78 is 11.8. The topological polar surface area (TPSA) is 90.7 Å². The second-order valence-corrected chi connectivity index (χ2v) is 6.24. The number of amides is 1. The monoisotopic (exact) mass is 458 g/mol. The number of carbonyl (C=O) groups excluding carboxylic acids is 1. The molecule has 0 radical (unpaired) electrons. The number of rotatable bonds is 6. The lowest BCUT2D eigenvalue weighted by Gasteiger charge is -2.11. The van der Waals surface area contributed by atoms with E-state index in [0.717, 1.165) is 0 Å². The number of ether oxygens (including phenoxy) is 2. The van der Waals surface area contributed by atoms with Crippen LogP contribution in [0.4, 0.5) is 11.4 Å². The summed E-state index contributed by atoms with van der Waals surface area (Å²) in [5.74, 6) is 0.274. The van der Waals surface area contributed by atoms with E-state index in [1.54, 1.807) is 12.1 Å². The molecule has 2 aromatic rings. The molecule has 0 aliphatic heterocycles. The maximum absolute atomic E-state index is 12.0. The Morgan fingerprint density at radius 3 is 2.50 bits per heavy atom. The smallest absolute Gasteiger partial charge is 0.296 e. The van der Waals surface area contributed by atoms with Gasteiger partial charge in [-0.25, -0.2) is 0 Å². The maximum atomic E-state index is 12.0. The SMILES string of the molecule is COc1ccc(NC(=O)COc2c(Br)cccc2Br)c([N+](=O)[O-])c1. The second kappa shape index (κ2) is 8.11. The summed E-state index contributed by atoms with van der Waals surface area (Å²) in [7, 11) is 1.40. The standard InChI is InChI=1S/C15H12Br2N2O5/c1-23-9-5-6-12(13(7-9)19(21)22)18-14(20)8-24-15-10(16)3-2-4-11(15)17/h2-7H,8H2,1H3,(H,18,20). The van der Waals surface area contributed by atoms with Gasteiger partial charge in [0.1, 0.15) is 17.2 Å². The highest BCUT2D eigenvalue weighted by molar-refractivity contribution is 9.11. The Bertz CT molecular complexity index is 762. The number of benzene rings is 2. The fraction of sp³-hybridized carbons (Fsp3) is 0.133. The lowest BCUT2D eigenvalue weighted by atomic mass is 10.2. The number of anilines is 1. The molecule has 0 spiro atoms. The maximum Gasteiger partial charge on any atom is 0.296 e. The van der Waals surface area contributed by atoms with Crippen molar-refractivity contribution in [2.45, 2.75) is 0 Å². The average molecular weight is 460 g/mol. The van der Waals surface area contributed by atoms with Crippen molar-refractivity contribution in [1.29, 1.82) is 0 Å². The second-order valence-electron chi connectivity index (χ2n) is 4.53. The number of para-hydroxylation sites is 1. The Morgan fingerprint density at radius 1 is 1.25 bits per heavy atom. The molecule has 7 nitrogen and oxygen atoms in total. The Balaban J connectivity index is 2.09. The van der Waals surface area contributed by atoms with Crippen LogP contribution in [0.3, 0.4) is 0 Å². The van der Waals surface area contributed by atoms with Gasteiger partial charge in [0, 0.05) is 0 Å². The molecule has 0 fully saturated rings. The predicted octanol–water partition coefficient (Wildman–Crippen LogP) is 4.15. The molecule has 126 valence electrons. The van der Waals surface area contributed by atoms with Gasteiger partial charge in [0.15, 0.2) is 6.61 Å². The molecule has 0 saturated heterocycles. The highest BCUT2D eigenvalue weighted by atomic mass is 79.9. The Morgan fingerprint density at radius 2 is 1.92 bits per heavy atom. The predicted molar refractivity (Wildman–Crippen MR) is 95.6 cm³/mol. The lowest BCUT2D eigenvalue weighted by Crippen LogP contribution is -2.21. The highest BCUT2D eigenvalue weighted by Crippen LogP contribution is 2.33. The van der Waals surface area contributed by atoms with E-state index >= 15 is 0 Å². The molecular formula is C15H12Br2N2O5. The summed E-state index contributed by atoms with van der Waals surface area (Å²) >= 11 is 6.64. The van der Waals surface area contributed by atoms with Crippen molar-refractivity contribution >= 4 is 49.1 Å². The number of nitro groups is 1. The van der Waals surface area contributed by atoms with Gasteiger partial charge in [-0.05, 0) is 56.1 Å². The molecule has 2 rings (SSSR count). The van der Waals surface area contributed by atoms with Crippen LogP contribution in [-0.4, -0.2) is 24.5 Å². The third-order valence-electron chi connectivity index (χ3n) is 2.94. The van der Waals surface area contributed by atoms with Gasteiger partial charge in [-0.2, -0.15) is 0 Å². The van der Waals surface area contributed by atoms with E-state index in [9.17, 15) is 14.9 Å². The van der Waals surface area contributed by atoms with Gasteiger partial charge in [0.05, 0.1) is 27.0 Å². The fourth-order valence-corrected chi connectivity index (χ4v) is 3.07. The van der Waals surface area contributed by atoms with Gasteiger partial charge in [0.2, 0.25) is 0 Å². The molecular weight excluding hydrogens is 448 g/mol. The van der Waals surface area contributed by atoms with Gasteiger partial charge in [-0.1, -0.05) is 6.07 Å². The number of halogens is 2. The minimum atomic E-state index is -0.594. The van der Waals surface area contributed by atoms with E-state index in [4.69, 9.17) is 9.47 Å². The largest absolute Gasteiger partial charge is 0.496 e. The zero-order chi connectivity index (χ0) is 17.7. The molecule has 0 saturated carbocycles. The van der Waals surface area contributed by atoms with Crippen LogP contribution in [-0.2, 0) is 4.79 Å². The van der Waals surface area contributed by atoms with Crippen molar-refractivity contribution < 1.29 is 19.2 Å². The van der Waals surface area contributed by atoms with Crippen LogP contribution in [0.5, 0.6) is 11.5 Å². The average Bonchev–Trinajstić information content (AvgIpc) is 2.54. The number of carbonyl (C=O) groups is 1. The Labute approximate surface area is 154 Å². The van der Waals surface area contributed by atoms with Gasteiger partial charge in [-0.15, -0.1) is 0 Å². The summed E-state index contributed by atoms with van der Waals surface area (Å²) in [5, 5.41) is 13.6. The molecule has 0 bridgehead atoms. The number of hydrogen-bond donors (Lipinski definition) is 1. The van der Waals surface area contributed by atoms with Crippen molar-refractivity contribution in [3.05, 3.63) is 55.5 Å². The normalized spacial score (nSPS) is 10.1. The molecule has 0 unspecified atom stereocenters. The number of nitro benzene ring substituents is 1. The highest BCUT2D eigenvalue weighted by Gasteiger charge is 2.18. The summed E-state index contributed by atoms with van der Waals surface area (Å²) in [6, 6.07) is 9.51. The number of hydrogen-bond acceptors (Lipinski definition) is 5. The molecule has 0 aliphatic rings. The third-order valence-corrected chi connectivity index (χ3v) is 4.19. The minimum absolute atomic E-state index is 0.0700. The molecule has 0 aromatic heterocycles. The summed E-state index contributed by atoms with van der Waals surface area (Å²) in [5.41, 5.74) is -0.189. The molecule has 0 aliphatic carbocycles. The van der Waals surface area contributed by atoms with Crippen molar-refractivity contribution in [3.8, 4) is 11.5 Å². The van der Waals surface area contributed by atoms with Crippen LogP contribution < -0.4 is 14.8 Å². The summed E-state index contributed by atoms with van der Waals surface area (Å²) in [6.07, 6.45) is 0. The van der Waals surface area contributed by atoms with Gasteiger partial charge in [0.25, 0.3) is 11.6 Å². The van der Waals surface area contributed by atoms with Crippen molar-refractivity contribution in [2.24, 2.45) is 0 Å². The van der Waals surface area contributed by atoms with E-state index in [0.29, 0.717) is 20.4 Å². The first-order valence-corrected chi connectivity index (χ1v) is 8.20. The molecule has 0 heterocycles. The first-order chi connectivity index (χ1) is 11.4.